The second kappa shape index (κ2) is 7.08. The fourth-order valence-electron chi connectivity index (χ4n) is 2.61. The zero-order chi connectivity index (χ0) is 20.6. The summed E-state index contributed by atoms with van der Waals surface area (Å²) in [4.78, 5) is 37.0. The molecule has 0 atom stereocenters. The van der Waals surface area contributed by atoms with Gasteiger partial charge in [0, 0.05) is 11.0 Å². The molecular formula is C17H11F3N2O5S. The van der Waals surface area contributed by atoms with Crippen molar-refractivity contribution in [2.24, 2.45) is 0 Å². The summed E-state index contributed by atoms with van der Waals surface area (Å²) in [6.07, 6.45) is -5.26. The van der Waals surface area contributed by atoms with Crippen LogP contribution in [-0.4, -0.2) is 23.1 Å². The molecule has 0 bridgehead atoms. The second-order valence-electron chi connectivity index (χ2n) is 5.51. The molecule has 3 aromatic rings. The standard InChI is InChI=1S/C17H11F3N2O5S/c1-2-27-16(24)9-5-6-10-11(8-9)21(25)13(14(23)12-4-3-7-28-12)15(22(10)26)17(18,19)20/h3-8H,2H2,1H3. The first-order valence-electron chi connectivity index (χ1n) is 7.82. The molecule has 0 unspecified atom stereocenters. The van der Waals surface area contributed by atoms with Crippen LogP contribution >= 0.6 is 11.3 Å². The Balaban J connectivity index is 2.38. The second-order valence-corrected chi connectivity index (χ2v) is 6.46. The SMILES string of the molecule is CCOC(=O)c1ccc2c(c1)[n+](=O)c(C(=O)c1cccs1)c(C(F)(F)F)n2[O-]. The summed E-state index contributed by atoms with van der Waals surface area (Å²) in [5.74, 6) is -2.07. The van der Waals surface area contributed by atoms with Gasteiger partial charge in [-0.3, -0.25) is 4.79 Å². The van der Waals surface area contributed by atoms with Gasteiger partial charge in [-0.15, -0.1) is 11.3 Å². The van der Waals surface area contributed by atoms with Crippen LogP contribution in [0.5, 0.6) is 0 Å². The molecule has 0 N–H and O–H groups in total. The van der Waals surface area contributed by atoms with E-state index in [9.17, 15) is 32.9 Å². The predicted molar refractivity (Wildman–Crippen MR) is 92.8 cm³/mol. The Bertz CT molecular complexity index is 1140. The molecule has 1 aromatic carbocycles. The summed E-state index contributed by atoms with van der Waals surface area (Å²) in [6, 6.07) is 5.54. The molecule has 0 saturated heterocycles. The number of carbonyl (C=O) groups excluding carboxylic acids is 2. The van der Waals surface area contributed by atoms with Crippen molar-refractivity contribution < 1.29 is 31.9 Å². The monoisotopic (exact) mass is 412 g/mol. The van der Waals surface area contributed by atoms with Crippen LogP contribution in [0, 0.1) is 10.1 Å². The van der Waals surface area contributed by atoms with Crippen molar-refractivity contribution in [3.05, 3.63) is 67.7 Å². The normalized spacial score (nSPS) is 11.6. The third-order valence-electron chi connectivity index (χ3n) is 3.78. The number of hydrogen-bond acceptors (Lipinski definition) is 6. The molecule has 0 amide bonds. The van der Waals surface area contributed by atoms with Crippen molar-refractivity contribution in [1.29, 1.82) is 0 Å². The van der Waals surface area contributed by atoms with Crippen LogP contribution in [0.3, 0.4) is 0 Å². The average Bonchev–Trinajstić information content (AvgIpc) is 3.17. The van der Waals surface area contributed by atoms with Crippen molar-refractivity contribution in [3.8, 4) is 0 Å². The first-order valence-corrected chi connectivity index (χ1v) is 8.70. The van der Waals surface area contributed by atoms with E-state index in [0.717, 1.165) is 29.5 Å². The van der Waals surface area contributed by atoms with E-state index in [2.05, 4.69) is 0 Å². The van der Waals surface area contributed by atoms with Crippen molar-refractivity contribution in [1.82, 2.24) is 4.73 Å². The van der Waals surface area contributed by atoms with Gasteiger partial charge in [0.05, 0.1) is 21.5 Å². The van der Waals surface area contributed by atoms with Gasteiger partial charge in [0.1, 0.15) is 5.52 Å². The van der Waals surface area contributed by atoms with Gasteiger partial charge in [-0.05, 0) is 30.5 Å². The smallest absolute Gasteiger partial charge is 0.438 e. The molecule has 0 spiro atoms. The third-order valence-corrected chi connectivity index (χ3v) is 4.65. The number of nitrogens with zero attached hydrogens (tertiary/aromatic N) is 2. The van der Waals surface area contributed by atoms with Gasteiger partial charge in [-0.2, -0.15) is 13.2 Å². The van der Waals surface area contributed by atoms with Crippen LogP contribution in [0.2, 0.25) is 0 Å². The maximum atomic E-state index is 13.5. The molecule has 2 heterocycles. The molecule has 7 nitrogen and oxygen atoms in total. The summed E-state index contributed by atoms with van der Waals surface area (Å²) in [7, 11) is 0. The number of esters is 1. The minimum absolute atomic E-state index is 0.0327. The minimum Gasteiger partial charge on any atom is -0.805 e. The van der Waals surface area contributed by atoms with Gasteiger partial charge >= 0.3 is 17.8 Å². The Hall–Kier alpha value is -3.21. The van der Waals surface area contributed by atoms with E-state index in [0.29, 0.717) is 0 Å². The molecule has 0 aliphatic carbocycles. The number of alkyl halides is 3. The van der Waals surface area contributed by atoms with E-state index in [1.807, 2.05) is 0 Å². The van der Waals surface area contributed by atoms with E-state index in [1.54, 1.807) is 6.92 Å². The maximum absolute atomic E-state index is 13.5. The number of benzene rings is 1. The van der Waals surface area contributed by atoms with Crippen LogP contribution in [0.15, 0.2) is 35.7 Å². The lowest BCUT2D eigenvalue weighted by Gasteiger charge is -2.20. The van der Waals surface area contributed by atoms with E-state index < -0.39 is 45.1 Å². The van der Waals surface area contributed by atoms with Gasteiger partial charge in [-0.25, -0.2) is 4.79 Å². The fraction of sp³-hybridized carbons (Fsp3) is 0.176. The highest BCUT2D eigenvalue weighted by Crippen LogP contribution is 2.33. The zero-order valence-electron chi connectivity index (χ0n) is 14.1. The van der Waals surface area contributed by atoms with Crippen LogP contribution in [0.1, 0.15) is 38.3 Å². The van der Waals surface area contributed by atoms with E-state index >= 15 is 0 Å². The van der Waals surface area contributed by atoms with Crippen molar-refractivity contribution in [3.63, 3.8) is 0 Å². The highest BCUT2D eigenvalue weighted by atomic mass is 32.1. The van der Waals surface area contributed by atoms with Crippen LogP contribution in [0.25, 0.3) is 11.0 Å². The van der Waals surface area contributed by atoms with Gasteiger partial charge in [-0.1, -0.05) is 6.07 Å². The molecule has 11 heteroatoms. The fourth-order valence-corrected chi connectivity index (χ4v) is 3.27. The highest BCUT2D eigenvalue weighted by molar-refractivity contribution is 7.12. The van der Waals surface area contributed by atoms with E-state index in [-0.39, 0.29) is 21.5 Å². The largest absolute Gasteiger partial charge is 0.805 e. The van der Waals surface area contributed by atoms with Crippen LogP contribution < -0.4 is 4.43 Å². The minimum atomic E-state index is -5.26. The maximum Gasteiger partial charge on any atom is 0.438 e. The summed E-state index contributed by atoms with van der Waals surface area (Å²) in [5.41, 5.74) is -4.63. The molecule has 28 heavy (non-hydrogen) atoms. The molecule has 0 saturated carbocycles. The lowest BCUT2D eigenvalue weighted by atomic mass is 10.1. The number of carbonyl (C=O) groups is 2. The molecular weight excluding hydrogens is 401 g/mol. The molecule has 0 aliphatic heterocycles. The molecule has 0 fully saturated rings. The summed E-state index contributed by atoms with van der Waals surface area (Å²) in [5, 5.41) is 13.9. The van der Waals surface area contributed by atoms with Gasteiger partial charge in [0.2, 0.25) is 5.69 Å². The quantitative estimate of drug-likeness (QED) is 0.372. The lowest BCUT2D eigenvalue weighted by molar-refractivity contribution is -0.470. The first kappa shape index (κ1) is 19.5. The molecule has 0 aliphatic rings. The number of fused-ring (bicyclic) bond motifs is 1. The molecule has 3 rings (SSSR count). The number of halogens is 3. The summed E-state index contributed by atoms with van der Waals surface area (Å²) < 4.78 is 44.6. The number of ketones is 1. The Kier molecular flexibility index (Phi) is 4.94. The van der Waals surface area contributed by atoms with Crippen LogP contribution in [-0.2, 0) is 10.9 Å². The summed E-state index contributed by atoms with van der Waals surface area (Å²) in [6.45, 7) is 1.58. The number of ether oxygens (including phenoxy) is 1. The first-order chi connectivity index (χ1) is 13.2. The Labute approximate surface area is 158 Å². The van der Waals surface area contributed by atoms with Gasteiger partial charge in [0.25, 0.3) is 11.3 Å². The number of hydrogen-bond donors (Lipinski definition) is 0. The highest BCUT2D eigenvalue weighted by Gasteiger charge is 2.45. The van der Waals surface area contributed by atoms with Crippen molar-refractivity contribution in [2.45, 2.75) is 13.1 Å². The van der Waals surface area contributed by atoms with Gasteiger partial charge < -0.3 is 14.7 Å². The van der Waals surface area contributed by atoms with Crippen molar-refractivity contribution >= 4 is 34.1 Å². The Morgan fingerprint density at radius 2 is 2.00 bits per heavy atom. The van der Waals surface area contributed by atoms with Crippen molar-refractivity contribution in [2.75, 3.05) is 6.61 Å². The number of thiophene rings is 1. The molecule has 2 aromatic heterocycles. The van der Waals surface area contributed by atoms with Gasteiger partial charge in [0.15, 0.2) is 0 Å². The Morgan fingerprint density at radius 1 is 1.29 bits per heavy atom. The number of aromatic nitrogens is 2. The van der Waals surface area contributed by atoms with Crippen LogP contribution in [0.4, 0.5) is 13.2 Å². The Morgan fingerprint density at radius 3 is 2.57 bits per heavy atom. The average molecular weight is 412 g/mol. The number of rotatable bonds is 4. The third kappa shape index (κ3) is 3.24. The molecule has 146 valence electrons. The van der Waals surface area contributed by atoms with E-state index in [4.69, 9.17) is 4.74 Å². The summed E-state index contributed by atoms with van der Waals surface area (Å²) >= 11 is 0.825. The zero-order valence-corrected chi connectivity index (χ0v) is 15.0. The topological polar surface area (TPSA) is 94.3 Å². The van der Waals surface area contributed by atoms with E-state index in [1.165, 1.54) is 17.5 Å². The predicted octanol–water partition coefficient (Wildman–Crippen LogP) is 3.39. The lowest BCUT2D eigenvalue weighted by Crippen LogP contribution is -2.35. The molecule has 0 radical (unpaired) electrons.